The highest BCUT2D eigenvalue weighted by Crippen LogP contribution is 2.23. The number of aliphatic carboxylic acids is 1. The van der Waals surface area contributed by atoms with Gasteiger partial charge in [0, 0.05) is 62.0 Å². The average Bonchev–Trinajstić information content (AvgIpc) is 3.80. The second-order valence-corrected chi connectivity index (χ2v) is 10.3. The van der Waals surface area contributed by atoms with Crippen LogP contribution in [0.25, 0.3) is 22.9 Å². The number of carbonyl (C=O) groups is 2. The first-order valence-electron chi connectivity index (χ1n) is 14.8. The van der Waals surface area contributed by atoms with E-state index in [1.54, 1.807) is 4.90 Å². The fourth-order valence-corrected chi connectivity index (χ4v) is 4.31. The Morgan fingerprint density at radius 2 is 1.18 bits per heavy atom. The molecule has 0 spiro atoms. The molecule has 6 rings (SSSR count). The summed E-state index contributed by atoms with van der Waals surface area (Å²) in [6, 6.07) is 4.98. The lowest BCUT2D eigenvalue weighted by molar-refractivity contribution is -0.138. The zero-order valence-electron chi connectivity index (χ0n) is 25.8. The first kappa shape index (κ1) is 36.6. The SMILES string of the molecule is C1CCOCC1.O=C(Cn1ccc(-c2nnc(C(F)F)o2)cc1=O)N1CCOCC1.O=C(O)Cn1ccc(-c2nnc(C(F)F)o2)cc1=O. The van der Waals surface area contributed by atoms with Crippen LogP contribution in [-0.2, 0) is 32.2 Å². The molecule has 0 atom stereocenters. The number of alkyl halides is 4. The molecule has 6 heterocycles. The van der Waals surface area contributed by atoms with Gasteiger partial charge in [0.25, 0.3) is 22.9 Å². The molecule has 0 aromatic carbocycles. The largest absolute Gasteiger partial charge is 0.480 e. The van der Waals surface area contributed by atoms with Gasteiger partial charge in [0.15, 0.2) is 0 Å². The van der Waals surface area contributed by atoms with Gasteiger partial charge >= 0.3 is 18.8 Å². The highest BCUT2D eigenvalue weighted by Gasteiger charge is 2.20. The molecule has 16 nitrogen and oxygen atoms in total. The number of nitrogens with zero attached hydrogens (tertiary/aromatic N) is 7. The molecule has 2 aliphatic heterocycles. The van der Waals surface area contributed by atoms with Gasteiger partial charge in [-0.3, -0.25) is 19.2 Å². The molecule has 20 heteroatoms. The van der Waals surface area contributed by atoms with Crippen LogP contribution in [0.1, 0.15) is 43.9 Å². The number of rotatable bonds is 8. The average molecular weight is 698 g/mol. The molecule has 4 aromatic rings. The maximum absolute atomic E-state index is 12.4. The van der Waals surface area contributed by atoms with Crippen molar-refractivity contribution in [2.24, 2.45) is 0 Å². The van der Waals surface area contributed by atoms with Crippen molar-refractivity contribution in [3.63, 3.8) is 0 Å². The maximum atomic E-state index is 12.4. The number of hydrogen-bond donors (Lipinski definition) is 1. The van der Waals surface area contributed by atoms with E-state index in [1.165, 1.54) is 48.4 Å². The summed E-state index contributed by atoms with van der Waals surface area (Å²) in [5.41, 5.74) is -0.719. The predicted octanol–water partition coefficient (Wildman–Crippen LogP) is 2.80. The predicted molar refractivity (Wildman–Crippen MR) is 158 cm³/mol. The van der Waals surface area contributed by atoms with Crippen molar-refractivity contribution < 1.29 is 50.6 Å². The van der Waals surface area contributed by atoms with E-state index < -0.39 is 48.3 Å². The molecule has 1 N–H and O–H groups in total. The number of carboxylic acids is 1. The monoisotopic (exact) mass is 697 g/mol. The van der Waals surface area contributed by atoms with Crippen LogP contribution in [-0.4, -0.2) is 90.9 Å². The summed E-state index contributed by atoms with van der Waals surface area (Å²) in [5.74, 6) is -3.41. The Kier molecular flexibility index (Phi) is 13.3. The normalized spacial score (nSPS) is 14.5. The van der Waals surface area contributed by atoms with E-state index in [0.717, 1.165) is 29.9 Å². The molecule has 0 unspecified atom stereocenters. The highest BCUT2D eigenvalue weighted by atomic mass is 19.3. The quantitative estimate of drug-likeness (QED) is 0.264. The number of morpholine rings is 1. The Hall–Kier alpha value is -5.24. The summed E-state index contributed by atoms with van der Waals surface area (Å²) in [6.07, 6.45) is 0.756. The van der Waals surface area contributed by atoms with Gasteiger partial charge in [0.1, 0.15) is 13.1 Å². The Bertz CT molecular complexity index is 1790. The van der Waals surface area contributed by atoms with Gasteiger partial charge in [-0.15, -0.1) is 20.4 Å². The fourth-order valence-electron chi connectivity index (χ4n) is 4.31. The second-order valence-electron chi connectivity index (χ2n) is 10.3. The van der Waals surface area contributed by atoms with E-state index in [0.29, 0.717) is 26.3 Å². The first-order chi connectivity index (χ1) is 23.5. The van der Waals surface area contributed by atoms with Crippen molar-refractivity contribution in [3.05, 3.63) is 69.1 Å². The number of pyridine rings is 2. The van der Waals surface area contributed by atoms with Crippen LogP contribution in [0.15, 0.2) is 55.1 Å². The third kappa shape index (κ3) is 10.9. The standard InChI is InChI=1S/C14H14F2N4O4.C10H7F2N3O4.C5H10O/c15-12(16)14-18-17-13(24-14)9-1-2-20(10(21)7-9)8-11(22)19-3-5-23-6-4-19;11-8(12)10-14-13-9(19-10)5-1-2-15(4-7(17)18)6(16)3-5;1-2-4-6-5-3-1/h1-2,7,12H,3-6,8H2;1-3,8H,4H2,(H,17,18);1-5H2. The summed E-state index contributed by atoms with van der Waals surface area (Å²) in [4.78, 5) is 47.9. The Balaban J connectivity index is 0.000000192. The van der Waals surface area contributed by atoms with E-state index in [2.05, 4.69) is 24.8 Å². The van der Waals surface area contributed by atoms with Gasteiger partial charge in [-0.25, -0.2) is 0 Å². The minimum atomic E-state index is -2.89. The summed E-state index contributed by atoms with van der Waals surface area (Å²) >= 11 is 0. The molecule has 1 amide bonds. The Morgan fingerprint density at radius 3 is 1.55 bits per heavy atom. The van der Waals surface area contributed by atoms with Crippen molar-refractivity contribution in [1.82, 2.24) is 34.4 Å². The number of aromatic nitrogens is 6. The molecular formula is C29H31F4N7O9. The van der Waals surface area contributed by atoms with E-state index in [-0.39, 0.29) is 35.4 Å². The molecule has 0 radical (unpaired) electrons. The minimum Gasteiger partial charge on any atom is -0.480 e. The number of carbonyl (C=O) groups excluding carboxylic acids is 1. The second kappa shape index (κ2) is 17.8. The number of ether oxygens (including phenoxy) is 2. The zero-order chi connectivity index (χ0) is 35.3. The molecule has 264 valence electrons. The van der Waals surface area contributed by atoms with E-state index in [1.807, 2.05) is 0 Å². The molecule has 0 aliphatic carbocycles. The van der Waals surface area contributed by atoms with Crippen molar-refractivity contribution in [2.45, 2.75) is 45.2 Å². The van der Waals surface area contributed by atoms with Crippen molar-refractivity contribution >= 4 is 11.9 Å². The summed E-state index contributed by atoms with van der Waals surface area (Å²) in [6.45, 7) is 3.33. The maximum Gasteiger partial charge on any atom is 0.323 e. The Morgan fingerprint density at radius 1 is 0.714 bits per heavy atom. The van der Waals surface area contributed by atoms with Gasteiger partial charge in [-0.2, -0.15) is 17.6 Å². The van der Waals surface area contributed by atoms with Crippen LogP contribution < -0.4 is 11.1 Å². The molecule has 0 bridgehead atoms. The van der Waals surface area contributed by atoms with Crippen LogP contribution in [0.5, 0.6) is 0 Å². The summed E-state index contributed by atoms with van der Waals surface area (Å²) < 4.78 is 71.3. The molecule has 2 aliphatic rings. The third-order valence-electron chi connectivity index (χ3n) is 6.79. The third-order valence-corrected chi connectivity index (χ3v) is 6.79. The van der Waals surface area contributed by atoms with E-state index in [4.69, 9.17) is 19.0 Å². The van der Waals surface area contributed by atoms with E-state index in [9.17, 15) is 36.7 Å². The summed E-state index contributed by atoms with van der Waals surface area (Å²) in [7, 11) is 0. The first-order valence-corrected chi connectivity index (χ1v) is 14.8. The van der Waals surface area contributed by atoms with E-state index >= 15 is 0 Å². The Labute approximate surface area is 273 Å². The lowest BCUT2D eigenvalue weighted by atomic mass is 10.2. The fraction of sp³-hybridized carbons (Fsp3) is 0.448. The molecule has 49 heavy (non-hydrogen) atoms. The topological polar surface area (TPSA) is 198 Å². The lowest BCUT2D eigenvalue weighted by Crippen LogP contribution is -2.43. The number of amides is 1. The zero-order valence-corrected chi connectivity index (χ0v) is 25.8. The van der Waals surface area contributed by atoms with Crippen LogP contribution in [0.2, 0.25) is 0 Å². The molecule has 2 fully saturated rings. The smallest absolute Gasteiger partial charge is 0.323 e. The minimum absolute atomic E-state index is 0.106. The van der Waals surface area contributed by atoms with Gasteiger partial charge < -0.3 is 37.4 Å². The summed E-state index contributed by atoms with van der Waals surface area (Å²) in [5, 5.41) is 21.7. The molecule has 4 aromatic heterocycles. The number of hydrogen-bond acceptors (Lipinski definition) is 12. The number of halogens is 4. The van der Waals surface area contributed by atoms with Crippen LogP contribution in [0.4, 0.5) is 17.6 Å². The molecule has 2 saturated heterocycles. The van der Waals surface area contributed by atoms with Gasteiger partial charge in [-0.1, -0.05) is 0 Å². The highest BCUT2D eigenvalue weighted by molar-refractivity contribution is 5.76. The number of carboxylic acid groups (broad SMARTS) is 1. The van der Waals surface area contributed by atoms with Crippen molar-refractivity contribution in [2.75, 3.05) is 39.5 Å². The van der Waals surface area contributed by atoms with Crippen molar-refractivity contribution in [3.8, 4) is 22.9 Å². The molecular weight excluding hydrogens is 666 g/mol. The van der Waals surface area contributed by atoms with Crippen molar-refractivity contribution in [1.29, 1.82) is 0 Å². The molecule has 0 saturated carbocycles. The van der Waals surface area contributed by atoms with Gasteiger partial charge in [-0.05, 0) is 31.4 Å². The van der Waals surface area contributed by atoms with Crippen LogP contribution >= 0.6 is 0 Å². The lowest BCUT2D eigenvalue weighted by Gasteiger charge is -2.27. The van der Waals surface area contributed by atoms with Gasteiger partial charge in [0.2, 0.25) is 17.7 Å². The van der Waals surface area contributed by atoms with Gasteiger partial charge in [0.05, 0.1) is 13.2 Å². The van der Waals surface area contributed by atoms with Crippen LogP contribution in [0, 0.1) is 0 Å². The van der Waals surface area contributed by atoms with Crippen LogP contribution in [0.3, 0.4) is 0 Å².